The summed E-state index contributed by atoms with van der Waals surface area (Å²) in [6.45, 7) is 5.65. The van der Waals surface area contributed by atoms with Gasteiger partial charge in [0, 0.05) is 32.3 Å². The van der Waals surface area contributed by atoms with E-state index in [0.717, 1.165) is 18.9 Å². The van der Waals surface area contributed by atoms with Gasteiger partial charge in [-0.25, -0.2) is 8.42 Å². The molecule has 0 saturated carbocycles. The summed E-state index contributed by atoms with van der Waals surface area (Å²) in [6.07, 6.45) is 1.93. The van der Waals surface area contributed by atoms with Crippen LogP contribution in [-0.4, -0.2) is 45.7 Å². The van der Waals surface area contributed by atoms with Crippen molar-refractivity contribution in [1.82, 2.24) is 0 Å². The lowest BCUT2D eigenvalue weighted by Crippen LogP contribution is -2.33. The highest BCUT2D eigenvalue weighted by molar-refractivity contribution is 7.92. The first-order chi connectivity index (χ1) is 14.4. The second-order valence-corrected chi connectivity index (χ2v) is 8.95. The molecule has 0 bridgehead atoms. The van der Waals surface area contributed by atoms with Crippen LogP contribution in [0.3, 0.4) is 0 Å². The molecule has 162 valence electrons. The van der Waals surface area contributed by atoms with Crippen LogP contribution in [0.25, 0.3) is 0 Å². The van der Waals surface area contributed by atoms with Crippen LogP contribution in [0.1, 0.15) is 26.7 Å². The lowest BCUT2D eigenvalue weighted by atomic mass is 10.2. The number of nitro groups is 1. The van der Waals surface area contributed by atoms with E-state index in [-0.39, 0.29) is 23.2 Å². The number of para-hydroxylation sites is 1. The second-order valence-electron chi connectivity index (χ2n) is 7.09. The van der Waals surface area contributed by atoms with Gasteiger partial charge in [-0.1, -0.05) is 18.2 Å². The van der Waals surface area contributed by atoms with Crippen LogP contribution in [0.4, 0.5) is 17.1 Å². The number of benzene rings is 2. The van der Waals surface area contributed by atoms with E-state index in [0.29, 0.717) is 31.1 Å². The molecule has 3 rings (SSSR count). The van der Waals surface area contributed by atoms with Crippen LogP contribution in [0.15, 0.2) is 53.4 Å². The largest absolute Gasteiger partial charge is 0.376 e. The zero-order chi connectivity index (χ0) is 21.7. The van der Waals surface area contributed by atoms with Crippen molar-refractivity contribution in [2.45, 2.75) is 37.7 Å². The predicted molar refractivity (Wildman–Crippen MR) is 117 cm³/mol. The molecule has 0 radical (unpaired) electrons. The topological polar surface area (TPSA) is 93.0 Å². The highest BCUT2D eigenvalue weighted by atomic mass is 32.2. The third-order valence-corrected chi connectivity index (χ3v) is 7.13. The fraction of sp³-hybridized carbons (Fsp3) is 0.429. The first-order valence-corrected chi connectivity index (χ1v) is 11.5. The SMILES string of the molecule is CCN(C[C@@H]1CCCO1)c1ccc(S(=O)(=O)N(CC)c2ccccc2)cc1[N+](=O)[O-]. The maximum Gasteiger partial charge on any atom is 0.293 e. The number of sulfonamides is 1. The molecule has 1 aliphatic rings. The first kappa shape index (κ1) is 22.0. The van der Waals surface area contributed by atoms with Gasteiger partial charge >= 0.3 is 0 Å². The fourth-order valence-corrected chi connectivity index (χ4v) is 5.22. The quantitative estimate of drug-likeness (QED) is 0.441. The molecule has 1 aliphatic heterocycles. The summed E-state index contributed by atoms with van der Waals surface area (Å²) < 4.78 is 33.4. The van der Waals surface area contributed by atoms with Crippen LogP contribution in [0.2, 0.25) is 0 Å². The smallest absolute Gasteiger partial charge is 0.293 e. The van der Waals surface area contributed by atoms with Gasteiger partial charge in [-0.2, -0.15) is 0 Å². The molecule has 0 aromatic heterocycles. The highest BCUT2D eigenvalue weighted by Gasteiger charge is 2.29. The van der Waals surface area contributed by atoms with Crippen molar-refractivity contribution in [2.24, 2.45) is 0 Å². The van der Waals surface area contributed by atoms with Crippen LogP contribution in [0, 0.1) is 10.1 Å². The van der Waals surface area contributed by atoms with E-state index < -0.39 is 14.9 Å². The Labute approximate surface area is 177 Å². The van der Waals surface area contributed by atoms with Crippen molar-refractivity contribution in [1.29, 1.82) is 0 Å². The Hall–Kier alpha value is -2.65. The standard InChI is InChI=1S/C21H27N3O5S/c1-3-22(16-18-11-8-14-29-18)20-13-12-19(15-21(20)24(25)26)30(27,28)23(4-2)17-9-6-5-7-10-17/h5-7,9-10,12-13,15,18H,3-4,8,11,14,16H2,1-2H3/t18-/m0/s1. The van der Waals surface area contributed by atoms with E-state index in [4.69, 9.17) is 4.74 Å². The van der Waals surface area contributed by atoms with Gasteiger partial charge in [0.25, 0.3) is 15.7 Å². The maximum atomic E-state index is 13.2. The van der Waals surface area contributed by atoms with E-state index >= 15 is 0 Å². The minimum atomic E-state index is -3.95. The van der Waals surface area contributed by atoms with Crippen LogP contribution in [-0.2, 0) is 14.8 Å². The average Bonchev–Trinajstić information content (AvgIpc) is 3.26. The lowest BCUT2D eigenvalue weighted by Gasteiger charge is -2.26. The Bertz CT molecular complexity index is 975. The van der Waals surface area contributed by atoms with Crippen molar-refractivity contribution < 1.29 is 18.1 Å². The maximum absolute atomic E-state index is 13.2. The summed E-state index contributed by atoms with van der Waals surface area (Å²) in [5, 5.41) is 11.8. The van der Waals surface area contributed by atoms with E-state index in [1.807, 2.05) is 11.8 Å². The number of anilines is 2. The molecular weight excluding hydrogens is 406 g/mol. The average molecular weight is 434 g/mol. The number of likely N-dealkylation sites (N-methyl/N-ethyl adjacent to an activating group) is 1. The number of hydrogen-bond donors (Lipinski definition) is 0. The molecule has 0 spiro atoms. The number of ether oxygens (including phenoxy) is 1. The van der Waals surface area contributed by atoms with E-state index in [2.05, 4.69) is 0 Å². The van der Waals surface area contributed by atoms with Crippen molar-refractivity contribution in [3.05, 3.63) is 58.6 Å². The molecule has 9 heteroatoms. The lowest BCUT2D eigenvalue weighted by molar-refractivity contribution is -0.384. The Kier molecular flexibility index (Phi) is 6.94. The van der Waals surface area contributed by atoms with E-state index in [9.17, 15) is 18.5 Å². The Morgan fingerprint density at radius 2 is 1.87 bits per heavy atom. The summed E-state index contributed by atoms with van der Waals surface area (Å²) in [5.74, 6) is 0. The van der Waals surface area contributed by atoms with Gasteiger partial charge in [-0.3, -0.25) is 14.4 Å². The molecule has 2 aromatic rings. The zero-order valence-electron chi connectivity index (χ0n) is 17.2. The van der Waals surface area contributed by atoms with Crippen molar-refractivity contribution in [2.75, 3.05) is 35.4 Å². The van der Waals surface area contributed by atoms with E-state index in [1.54, 1.807) is 37.3 Å². The molecule has 0 N–H and O–H groups in total. The molecule has 30 heavy (non-hydrogen) atoms. The normalized spacial score (nSPS) is 16.4. The Morgan fingerprint density at radius 1 is 1.13 bits per heavy atom. The number of hydrogen-bond acceptors (Lipinski definition) is 6. The minimum absolute atomic E-state index is 0.0293. The molecule has 0 amide bonds. The van der Waals surface area contributed by atoms with Gasteiger partial charge in [0.05, 0.1) is 21.6 Å². The molecule has 1 fully saturated rings. The van der Waals surface area contributed by atoms with Crippen LogP contribution >= 0.6 is 0 Å². The molecule has 0 unspecified atom stereocenters. The number of nitrogens with zero attached hydrogens (tertiary/aromatic N) is 3. The number of nitro benzene ring substituents is 1. The first-order valence-electron chi connectivity index (χ1n) is 10.1. The summed E-state index contributed by atoms with van der Waals surface area (Å²) in [7, 11) is -3.95. The van der Waals surface area contributed by atoms with Crippen LogP contribution < -0.4 is 9.21 Å². The van der Waals surface area contributed by atoms with Gasteiger partial charge in [-0.05, 0) is 51.0 Å². The summed E-state index contributed by atoms with van der Waals surface area (Å²) in [5.41, 5.74) is 0.694. The molecule has 1 atom stereocenters. The Morgan fingerprint density at radius 3 is 2.43 bits per heavy atom. The second kappa shape index (κ2) is 9.44. The third-order valence-electron chi connectivity index (χ3n) is 5.23. The molecule has 1 heterocycles. The molecule has 8 nitrogen and oxygen atoms in total. The predicted octanol–water partition coefficient (Wildman–Crippen LogP) is 3.82. The van der Waals surface area contributed by atoms with Crippen molar-refractivity contribution in [3.63, 3.8) is 0 Å². The molecule has 0 aliphatic carbocycles. The third kappa shape index (κ3) is 4.57. The molecule has 2 aromatic carbocycles. The zero-order valence-corrected chi connectivity index (χ0v) is 18.0. The summed E-state index contributed by atoms with van der Waals surface area (Å²) in [6, 6.07) is 12.8. The Balaban J connectivity index is 1.98. The monoisotopic (exact) mass is 433 g/mol. The summed E-state index contributed by atoms with van der Waals surface area (Å²) in [4.78, 5) is 13.1. The van der Waals surface area contributed by atoms with Crippen molar-refractivity contribution >= 4 is 27.1 Å². The van der Waals surface area contributed by atoms with Gasteiger partial charge in [0.1, 0.15) is 5.69 Å². The van der Waals surface area contributed by atoms with Gasteiger partial charge in [0.15, 0.2) is 0 Å². The van der Waals surface area contributed by atoms with Crippen LogP contribution in [0.5, 0.6) is 0 Å². The van der Waals surface area contributed by atoms with Gasteiger partial charge < -0.3 is 9.64 Å². The minimum Gasteiger partial charge on any atom is -0.376 e. The highest BCUT2D eigenvalue weighted by Crippen LogP contribution is 2.33. The molecular formula is C21H27N3O5S. The molecule has 1 saturated heterocycles. The summed E-state index contributed by atoms with van der Waals surface area (Å²) >= 11 is 0. The van der Waals surface area contributed by atoms with Crippen molar-refractivity contribution in [3.8, 4) is 0 Å². The van der Waals surface area contributed by atoms with E-state index in [1.165, 1.54) is 16.4 Å². The number of rotatable bonds is 9. The van der Waals surface area contributed by atoms with Gasteiger partial charge in [-0.15, -0.1) is 0 Å². The van der Waals surface area contributed by atoms with Gasteiger partial charge in [0.2, 0.25) is 0 Å². The fourth-order valence-electron chi connectivity index (χ4n) is 3.72.